The first kappa shape index (κ1) is 9.88. The summed E-state index contributed by atoms with van der Waals surface area (Å²) in [4.78, 5) is 15.4. The lowest BCUT2D eigenvalue weighted by Gasteiger charge is -2.06. The monoisotopic (exact) mass is 215 g/mol. The standard InChI is InChI=1S/C14H17NO/c1-7(2)12-6-14(16)11-4-9-8(3)10(9)5-13(11)15-12/h4-10,15H,1-3H3. The molecule has 2 aliphatic rings. The maximum Gasteiger partial charge on any atom is 0.189 e. The summed E-state index contributed by atoms with van der Waals surface area (Å²) in [5.74, 6) is 2.35. The van der Waals surface area contributed by atoms with E-state index in [1.54, 1.807) is 6.07 Å². The highest BCUT2D eigenvalue weighted by Gasteiger charge is 2.44. The van der Waals surface area contributed by atoms with E-state index in [1.165, 1.54) is 0 Å². The molecule has 0 saturated heterocycles. The summed E-state index contributed by atoms with van der Waals surface area (Å²) in [5, 5.41) is 1.93. The molecule has 1 N–H and O–H groups in total. The minimum absolute atomic E-state index is 0.172. The van der Waals surface area contributed by atoms with Gasteiger partial charge in [0.05, 0.1) is 0 Å². The van der Waals surface area contributed by atoms with E-state index in [0.717, 1.165) is 16.3 Å². The lowest BCUT2D eigenvalue weighted by atomic mass is 10.1. The number of pyridine rings is 1. The highest BCUT2D eigenvalue weighted by atomic mass is 16.1. The third-order valence-electron chi connectivity index (χ3n) is 3.98. The SMILES string of the molecule is CC(C)c1cc(=O)c2c([nH]1)=CC1C(C)C1C=2. The molecule has 0 bridgehead atoms. The van der Waals surface area contributed by atoms with E-state index in [2.05, 4.69) is 37.9 Å². The third kappa shape index (κ3) is 1.29. The molecular weight excluding hydrogens is 198 g/mol. The molecule has 3 rings (SSSR count). The molecular formula is C14H17NO. The van der Waals surface area contributed by atoms with Crippen LogP contribution in [0.2, 0.25) is 0 Å². The van der Waals surface area contributed by atoms with E-state index in [0.29, 0.717) is 23.7 Å². The van der Waals surface area contributed by atoms with E-state index >= 15 is 0 Å². The van der Waals surface area contributed by atoms with Crippen molar-refractivity contribution in [3.63, 3.8) is 0 Å². The lowest BCUT2D eigenvalue weighted by molar-refractivity contribution is 0.808. The van der Waals surface area contributed by atoms with Crippen LogP contribution in [0.3, 0.4) is 0 Å². The van der Waals surface area contributed by atoms with Gasteiger partial charge in [0.1, 0.15) is 0 Å². The summed E-state index contributed by atoms with van der Waals surface area (Å²) >= 11 is 0. The number of aromatic nitrogens is 1. The lowest BCUT2D eigenvalue weighted by Crippen LogP contribution is -2.43. The van der Waals surface area contributed by atoms with Gasteiger partial charge >= 0.3 is 0 Å². The summed E-state index contributed by atoms with van der Waals surface area (Å²) in [5.41, 5.74) is 1.21. The van der Waals surface area contributed by atoms with Gasteiger partial charge in [-0.3, -0.25) is 4.79 Å². The number of aromatic amines is 1. The Hall–Kier alpha value is -1.31. The zero-order valence-electron chi connectivity index (χ0n) is 9.95. The van der Waals surface area contributed by atoms with Crippen molar-refractivity contribution < 1.29 is 0 Å². The van der Waals surface area contributed by atoms with E-state index < -0.39 is 0 Å². The van der Waals surface area contributed by atoms with Crippen LogP contribution in [0.1, 0.15) is 32.4 Å². The molecule has 3 unspecified atom stereocenters. The van der Waals surface area contributed by atoms with Crippen molar-refractivity contribution in [3.8, 4) is 0 Å². The molecule has 0 aromatic carbocycles. The van der Waals surface area contributed by atoms with Gasteiger partial charge in [0.25, 0.3) is 0 Å². The maximum atomic E-state index is 12.0. The van der Waals surface area contributed by atoms with Crippen LogP contribution in [0.5, 0.6) is 0 Å². The van der Waals surface area contributed by atoms with Gasteiger partial charge in [-0.05, 0) is 23.7 Å². The highest BCUT2D eigenvalue weighted by molar-refractivity contribution is 5.49. The molecule has 16 heavy (non-hydrogen) atoms. The van der Waals surface area contributed by atoms with Crippen molar-refractivity contribution in [1.82, 2.24) is 4.98 Å². The molecule has 0 amide bonds. The normalized spacial score (nSPS) is 30.1. The van der Waals surface area contributed by atoms with Crippen LogP contribution in [-0.4, -0.2) is 4.98 Å². The highest BCUT2D eigenvalue weighted by Crippen LogP contribution is 2.48. The molecule has 1 aromatic heterocycles. The molecule has 3 atom stereocenters. The summed E-state index contributed by atoms with van der Waals surface area (Å²) in [7, 11) is 0. The molecule has 1 saturated carbocycles. The van der Waals surface area contributed by atoms with Gasteiger partial charge < -0.3 is 4.98 Å². The Bertz CT molecular complexity index is 609. The number of H-pyrrole nitrogens is 1. The topological polar surface area (TPSA) is 32.9 Å². The Morgan fingerprint density at radius 1 is 1.25 bits per heavy atom. The Morgan fingerprint density at radius 2 is 1.94 bits per heavy atom. The zero-order chi connectivity index (χ0) is 11.4. The molecule has 2 heteroatoms. The van der Waals surface area contributed by atoms with Crippen LogP contribution in [0, 0.1) is 17.8 Å². The predicted octanol–water partition coefficient (Wildman–Crippen LogP) is 0.955. The van der Waals surface area contributed by atoms with Gasteiger partial charge in [-0.25, -0.2) is 0 Å². The largest absolute Gasteiger partial charge is 0.358 e. The van der Waals surface area contributed by atoms with Crippen LogP contribution >= 0.6 is 0 Å². The second kappa shape index (κ2) is 3.09. The number of rotatable bonds is 1. The first-order valence-corrected chi connectivity index (χ1v) is 6.05. The summed E-state index contributed by atoms with van der Waals surface area (Å²) < 4.78 is 0. The molecule has 1 aromatic rings. The fourth-order valence-electron chi connectivity index (χ4n) is 2.66. The first-order valence-electron chi connectivity index (χ1n) is 6.05. The van der Waals surface area contributed by atoms with E-state index in [9.17, 15) is 4.79 Å². The summed E-state index contributed by atoms with van der Waals surface area (Å²) in [6.07, 6.45) is 4.41. The second-order valence-corrected chi connectivity index (χ2v) is 5.42. The van der Waals surface area contributed by atoms with Gasteiger partial charge in [0.15, 0.2) is 5.43 Å². The maximum absolute atomic E-state index is 12.0. The quantitative estimate of drug-likeness (QED) is 0.743. The summed E-state index contributed by atoms with van der Waals surface area (Å²) in [6.45, 7) is 6.46. The van der Waals surface area contributed by atoms with Crippen molar-refractivity contribution in [2.75, 3.05) is 0 Å². The van der Waals surface area contributed by atoms with Crippen LogP contribution in [0.4, 0.5) is 0 Å². The fraction of sp³-hybridized carbons (Fsp3) is 0.500. The molecule has 0 spiro atoms. The van der Waals surface area contributed by atoms with Gasteiger partial charge in [0, 0.05) is 22.3 Å². The minimum Gasteiger partial charge on any atom is -0.358 e. The molecule has 0 aliphatic heterocycles. The van der Waals surface area contributed by atoms with E-state index in [-0.39, 0.29) is 5.43 Å². The van der Waals surface area contributed by atoms with Crippen LogP contribution in [-0.2, 0) is 0 Å². The van der Waals surface area contributed by atoms with Gasteiger partial charge in [-0.15, -0.1) is 0 Å². The molecule has 2 aliphatic carbocycles. The number of hydrogen-bond acceptors (Lipinski definition) is 1. The Kier molecular flexibility index (Phi) is 1.91. The molecule has 84 valence electrons. The Labute approximate surface area is 94.7 Å². The van der Waals surface area contributed by atoms with Gasteiger partial charge in [0.2, 0.25) is 0 Å². The Balaban J connectivity index is 2.28. The smallest absolute Gasteiger partial charge is 0.189 e. The van der Waals surface area contributed by atoms with Gasteiger partial charge in [-0.1, -0.05) is 32.9 Å². The second-order valence-electron chi connectivity index (χ2n) is 5.42. The average Bonchev–Trinajstić information content (AvgIpc) is 2.86. The predicted molar refractivity (Wildman–Crippen MR) is 65.5 cm³/mol. The van der Waals surface area contributed by atoms with Crippen molar-refractivity contribution in [3.05, 3.63) is 32.6 Å². The molecule has 1 heterocycles. The van der Waals surface area contributed by atoms with Crippen LogP contribution in [0.15, 0.2) is 10.9 Å². The third-order valence-corrected chi connectivity index (χ3v) is 3.98. The number of nitrogens with one attached hydrogen (secondary N) is 1. The minimum atomic E-state index is 0.172. The average molecular weight is 215 g/mol. The molecule has 1 fully saturated rings. The van der Waals surface area contributed by atoms with Crippen molar-refractivity contribution >= 4 is 12.2 Å². The molecule has 0 radical (unpaired) electrons. The van der Waals surface area contributed by atoms with E-state index in [1.807, 2.05) is 0 Å². The van der Waals surface area contributed by atoms with E-state index in [4.69, 9.17) is 0 Å². The zero-order valence-corrected chi connectivity index (χ0v) is 9.95. The number of hydrogen-bond donors (Lipinski definition) is 1. The van der Waals surface area contributed by atoms with Crippen LogP contribution < -0.4 is 16.0 Å². The summed E-state index contributed by atoms with van der Waals surface area (Å²) in [6, 6.07) is 1.75. The first-order chi connectivity index (χ1) is 7.58. The fourth-order valence-corrected chi connectivity index (χ4v) is 2.66. The van der Waals surface area contributed by atoms with Crippen molar-refractivity contribution in [1.29, 1.82) is 0 Å². The molecule has 2 nitrogen and oxygen atoms in total. The number of fused-ring (bicyclic) bond motifs is 2. The van der Waals surface area contributed by atoms with Gasteiger partial charge in [-0.2, -0.15) is 0 Å². The van der Waals surface area contributed by atoms with Crippen molar-refractivity contribution in [2.24, 2.45) is 17.8 Å². The Morgan fingerprint density at radius 3 is 2.62 bits per heavy atom. The van der Waals surface area contributed by atoms with Crippen LogP contribution in [0.25, 0.3) is 12.2 Å². The van der Waals surface area contributed by atoms with Crippen molar-refractivity contribution in [2.45, 2.75) is 26.7 Å².